The third kappa shape index (κ3) is 4.81. The maximum Gasteiger partial charge on any atom is 0.276 e. The zero-order valence-electron chi connectivity index (χ0n) is 17.2. The summed E-state index contributed by atoms with van der Waals surface area (Å²) in [7, 11) is 0. The van der Waals surface area contributed by atoms with Crippen molar-refractivity contribution >= 4 is 39.9 Å². The number of carbonyl (C=O) groups excluding carboxylic acids is 1. The first-order valence-electron chi connectivity index (χ1n) is 10.2. The monoisotopic (exact) mass is 568 g/mol. The molecular formula is C23H20F3IN4O2. The van der Waals surface area contributed by atoms with E-state index in [0.29, 0.717) is 12.1 Å². The number of nitrogens with zero attached hydrogens (tertiary/aromatic N) is 2. The second-order valence-electron chi connectivity index (χ2n) is 7.86. The van der Waals surface area contributed by atoms with Gasteiger partial charge in [0.15, 0.2) is 11.5 Å². The molecule has 33 heavy (non-hydrogen) atoms. The van der Waals surface area contributed by atoms with E-state index >= 15 is 0 Å². The van der Waals surface area contributed by atoms with Crippen LogP contribution in [-0.4, -0.2) is 31.0 Å². The van der Waals surface area contributed by atoms with Gasteiger partial charge in [-0.3, -0.25) is 9.78 Å². The van der Waals surface area contributed by atoms with Crippen molar-refractivity contribution in [3.8, 4) is 11.3 Å². The van der Waals surface area contributed by atoms with E-state index in [-0.39, 0.29) is 27.3 Å². The molecule has 0 saturated heterocycles. The largest absolute Gasteiger partial charge is 0.397 e. The van der Waals surface area contributed by atoms with Crippen molar-refractivity contribution in [3.63, 3.8) is 0 Å². The van der Waals surface area contributed by atoms with Crippen molar-refractivity contribution in [2.75, 3.05) is 11.1 Å². The Balaban J connectivity index is 1.67. The zero-order chi connectivity index (χ0) is 23.7. The van der Waals surface area contributed by atoms with Crippen molar-refractivity contribution in [1.82, 2.24) is 9.97 Å². The van der Waals surface area contributed by atoms with E-state index in [1.807, 2.05) is 0 Å². The summed E-state index contributed by atoms with van der Waals surface area (Å²) in [6.07, 6.45) is 4.82. The molecule has 1 saturated carbocycles. The van der Waals surface area contributed by atoms with Gasteiger partial charge in [-0.05, 0) is 48.9 Å². The first kappa shape index (κ1) is 23.4. The van der Waals surface area contributed by atoms with Gasteiger partial charge < -0.3 is 16.2 Å². The number of hydrogen-bond donors (Lipinski definition) is 3. The minimum Gasteiger partial charge on any atom is -0.397 e. The molecule has 4 N–H and O–H groups in total. The molecule has 0 spiro atoms. The van der Waals surface area contributed by atoms with Gasteiger partial charge in [0.05, 0.1) is 29.2 Å². The minimum absolute atomic E-state index is 0.0747. The van der Waals surface area contributed by atoms with E-state index in [9.17, 15) is 23.1 Å². The molecular weight excluding hydrogens is 548 g/mol. The number of halogens is 4. The molecule has 1 aliphatic carbocycles. The van der Waals surface area contributed by atoms with E-state index in [2.05, 4.69) is 37.9 Å². The number of alkyl halides is 1. The van der Waals surface area contributed by atoms with Crippen LogP contribution in [0.5, 0.6) is 0 Å². The summed E-state index contributed by atoms with van der Waals surface area (Å²) in [5.41, 5.74) is 5.12. The van der Waals surface area contributed by atoms with Gasteiger partial charge in [0.25, 0.3) is 5.91 Å². The van der Waals surface area contributed by atoms with Crippen LogP contribution in [0, 0.1) is 17.5 Å². The van der Waals surface area contributed by atoms with Gasteiger partial charge in [-0.15, -0.1) is 0 Å². The molecule has 0 aliphatic heterocycles. The normalized spacial score (nSPS) is 20.5. The van der Waals surface area contributed by atoms with Gasteiger partial charge in [0.1, 0.15) is 17.3 Å². The van der Waals surface area contributed by atoms with Gasteiger partial charge >= 0.3 is 0 Å². The summed E-state index contributed by atoms with van der Waals surface area (Å²) in [5, 5.41) is 12.7. The van der Waals surface area contributed by atoms with Gasteiger partial charge in [0.2, 0.25) is 0 Å². The number of pyridine rings is 2. The van der Waals surface area contributed by atoms with Crippen LogP contribution in [0.2, 0.25) is 0 Å². The average molecular weight is 568 g/mol. The Labute approximate surface area is 201 Å². The third-order valence-electron chi connectivity index (χ3n) is 5.70. The maximum absolute atomic E-state index is 14.5. The van der Waals surface area contributed by atoms with Crippen molar-refractivity contribution in [1.29, 1.82) is 0 Å². The second kappa shape index (κ2) is 9.64. The first-order chi connectivity index (χ1) is 15.8. The number of carbonyl (C=O) groups is 1. The summed E-state index contributed by atoms with van der Waals surface area (Å²) in [4.78, 5) is 21.0. The minimum atomic E-state index is -1.05. The zero-order valence-corrected chi connectivity index (χ0v) is 19.4. The van der Waals surface area contributed by atoms with Crippen LogP contribution in [0.25, 0.3) is 11.3 Å². The van der Waals surface area contributed by atoms with Crippen LogP contribution in [0.4, 0.5) is 24.5 Å². The Morgan fingerprint density at radius 1 is 1.15 bits per heavy atom. The van der Waals surface area contributed by atoms with Crippen molar-refractivity contribution < 1.29 is 23.1 Å². The molecule has 10 heteroatoms. The predicted octanol–water partition coefficient (Wildman–Crippen LogP) is 4.83. The smallest absolute Gasteiger partial charge is 0.276 e. The highest BCUT2D eigenvalue weighted by Gasteiger charge is 2.30. The van der Waals surface area contributed by atoms with Crippen LogP contribution in [0.15, 0.2) is 42.7 Å². The topological polar surface area (TPSA) is 101 Å². The lowest BCUT2D eigenvalue weighted by Crippen LogP contribution is -2.29. The van der Waals surface area contributed by atoms with Gasteiger partial charge in [-0.25, -0.2) is 18.2 Å². The lowest BCUT2D eigenvalue weighted by molar-refractivity contribution is 0.102. The summed E-state index contributed by atoms with van der Waals surface area (Å²) < 4.78 is 43.0. The fourth-order valence-corrected chi connectivity index (χ4v) is 4.99. The lowest BCUT2D eigenvalue weighted by atomic mass is 9.82. The van der Waals surface area contributed by atoms with E-state index in [1.54, 1.807) is 12.3 Å². The van der Waals surface area contributed by atoms with Gasteiger partial charge in [0, 0.05) is 16.2 Å². The number of nitrogens with two attached hydrogens (primary N) is 1. The first-order valence-corrected chi connectivity index (χ1v) is 11.5. The number of benzene rings is 1. The summed E-state index contributed by atoms with van der Waals surface area (Å²) in [6.45, 7) is 0. The predicted molar refractivity (Wildman–Crippen MR) is 127 cm³/mol. The Bertz CT molecular complexity index is 1190. The van der Waals surface area contributed by atoms with Crippen LogP contribution in [-0.2, 0) is 0 Å². The maximum atomic E-state index is 14.5. The van der Waals surface area contributed by atoms with Crippen molar-refractivity contribution in [2.45, 2.75) is 35.2 Å². The quantitative estimate of drug-likeness (QED) is 0.310. The van der Waals surface area contributed by atoms with Gasteiger partial charge in [-0.1, -0.05) is 28.7 Å². The molecule has 4 rings (SSSR count). The summed E-state index contributed by atoms with van der Waals surface area (Å²) >= 11 is 2.22. The van der Waals surface area contributed by atoms with E-state index < -0.39 is 34.6 Å². The molecule has 6 nitrogen and oxygen atoms in total. The Morgan fingerprint density at radius 3 is 2.58 bits per heavy atom. The van der Waals surface area contributed by atoms with Crippen LogP contribution in [0.1, 0.15) is 41.2 Å². The molecule has 3 aromatic rings. The molecule has 172 valence electrons. The fraction of sp³-hybridized carbons (Fsp3) is 0.261. The molecule has 2 heterocycles. The Morgan fingerprint density at radius 2 is 1.88 bits per heavy atom. The van der Waals surface area contributed by atoms with Gasteiger partial charge in [-0.2, -0.15) is 0 Å². The molecule has 1 amide bonds. The number of anilines is 2. The van der Waals surface area contributed by atoms with Crippen LogP contribution in [0.3, 0.4) is 0 Å². The molecule has 1 aliphatic rings. The Kier molecular flexibility index (Phi) is 6.84. The SMILES string of the molecule is Nc1cc(F)c(-c2c(F)cccc2F)nc1C(=O)Nc1cnccc1[C@@H]1CC[C@H](O)C(I)C1. The van der Waals surface area contributed by atoms with E-state index in [4.69, 9.17) is 5.73 Å². The number of amides is 1. The van der Waals surface area contributed by atoms with Crippen LogP contribution >= 0.6 is 22.6 Å². The number of rotatable bonds is 4. The molecule has 0 bridgehead atoms. The lowest BCUT2D eigenvalue weighted by Gasteiger charge is -2.31. The van der Waals surface area contributed by atoms with E-state index in [0.717, 1.165) is 42.7 Å². The number of aliphatic hydroxyl groups excluding tert-OH is 1. The number of aliphatic hydroxyl groups is 1. The Hall–Kier alpha value is -2.73. The average Bonchev–Trinajstić information content (AvgIpc) is 2.77. The highest BCUT2D eigenvalue weighted by Crippen LogP contribution is 2.39. The highest BCUT2D eigenvalue weighted by molar-refractivity contribution is 14.1. The van der Waals surface area contributed by atoms with E-state index in [1.165, 1.54) is 6.20 Å². The molecule has 1 unspecified atom stereocenters. The fourth-order valence-electron chi connectivity index (χ4n) is 4.01. The second-order valence-corrected chi connectivity index (χ2v) is 9.46. The third-order valence-corrected chi connectivity index (χ3v) is 7.04. The standard InChI is InChI=1S/C23H20F3IN4O2/c24-13-2-1-3-14(25)20(13)21-15(26)9-17(28)22(31-21)23(33)30-18-10-29-7-6-12(18)11-4-5-19(32)16(27)8-11/h1-3,6-7,9-11,16,19,32H,4-5,8,28H2,(H,30,33)/t11-,16?,19+/m1/s1. The summed E-state index contributed by atoms with van der Waals surface area (Å²) in [5.74, 6) is -3.75. The highest BCUT2D eigenvalue weighted by atomic mass is 127. The number of aromatic nitrogens is 2. The van der Waals surface area contributed by atoms with Crippen molar-refractivity contribution in [3.05, 3.63) is 71.4 Å². The molecule has 2 aromatic heterocycles. The number of nitrogens with one attached hydrogen (secondary N) is 1. The summed E-state index contributed by atoms with van der Waals surface area (Å²) in [6, 6.07) is 5.70. The molecule has 3 atom stereocenters. The molecule has 0 radical (unpaired) electrons. The number of nitrogen functional groups attached to an aromatic ring is 1. The van der Waals surface area contributed by atoms with Crippen molar-refractivity contribution in [2.24, 2.45) is 0 Å². The molecule has 1 fully saturated rings. The number of hydrogen-bond acceptors (Lipinski definition) is 5. The van der Waals surface area contributed by atoms with Crippen LogP contribution < -0.4 is 11.1 Å². The molecule has 1 aromatic carbocycles.